The summed E-state index contributed by atoms with van der Waals surface area (Å²) in [5.74, 6) is 2.01. The summed E-state index contributed by atoms with van der Waals surface area (Å²) in [7, 11) is 3.39. The van der Waals surface area contributed by atoms with Gasteiger partial charge < -0.3 is 9.47 Å². The van der Waals surface area contributed by atoms with Crippen molar-refractivity contribution in [2.75, 3.05) is 14.2 Å². The van der Waals surface area contributed by atoms with Crippen LogP contribution in [0.3, 0.4) is 0 Å². The molecule has 22 heavy (non-hydrogen) atoms. The van der Waals surface area contributed by atoms with Gasteiger partial charge >= 0.3 is 0 Å². The van der Waals surface area contributed by atoms with Gasteiger partial charge in [0.25, 0.3) is 0 Å². The van der Waals surface area contributed by atoms with E-state index in [1.54, 1.807) is 14.2 Å². The molecule has 2 heteroatoms. The first-order valence-corrected chi connectivity index (χ1v) is 7.35. The van der Waals surface area contributed by atoms with Gasteiger partial charge in [-0.25, -0.2) is 0 Å². The van der Waals surface area contributed by atoms with Crippen molar-refractivity contribution in [3.63, 3.8) is 0 Å². The zero-order chi connectivity index (χ0) is 15.8. The molecular weight excluding hydrogens is 272 g/mol. The third-order valence-electron chi connectivity index (χ3n) is 3.65. The lowest BCUT2D eigenvalue weighted by Crippen LogP contribution is -1.97. The van der Waals surface area contributed by atoms with E-state index in [1.165, 1.54) is 0 Å². The highest BCUT2D eigenvalue weighted by Crippen LogP contribution is 2.30. The Balaban J connectivity index is 2.14. The minimum absolute atomic E-state index is 0.224. The second-order valence-electron chi connectivity index (χ2n) is 4.96. The van der Waals surface area contributed by atoms with Crippen molar-refractivity contribution in [2.24, 2.45) is 0 Å². The van der Waals surface area contributed by atoms with Crippen molar-refractivity contribution in [3.8, 4) is 11.5 Å². The van der Waals surface area contributed by atoms with Crippen LogP contribution in [-0.4, -0.2) is 14.2 Å². The van der Waals surface area contributed by atoms with Crippen LogP contribution in [0.5, 0.6) is 11.5 Å². The third-order valence-corrected chi connectivity index (χ3v) is 3.65. The molecule has 0 aliphatic carbocycles. The van der Waals surface area contributed by atoms with Crippen LogP contribution in [0.4, 0.5) is 0 Å². The summed E-state index contributed by atoms with van der Waals surface area (Å²) in [6.45, 7) is 3.96. The maximum atomic E-state index is 5.44. The number of allylic oxidation sites excluding steroid dienone is 2. The highest BCUT2D eigenvalue weighted by Gasteiger charge is 2.10. The molecule has 0 fully saturated rings. The van der Waals surface area contributed by atoms with Crippen molar-refractivity contribution in [1.82, 2.24) is 0 Å². The van der Waals surface area contributed by atoms with Gasteiger partial charge in [-0.15, -0.1) is 6.58 Å². The zero-order valence-corrected chi connectivity index (χ0v) is 13.2. The van der Waals surface area contributed by atoms with Crippen LogP contribution in [0.1, 0.15) is 23.5 Å². The lowest BCUT2D eigenvalue weighted by atomic mass is 9.94. The average molecular weight is 294 g/mol. The molecule has 0 aliphatic heterocycles. The van der Waals surface area contributed by atoms with Crippen LogP contribution in [0.15, 0.2) is 67.3 Å². The molecule has 0 N–H and O–H groups in total. The normalized spacial score (nSPS) is 12.1. The maximum Gasteiger partial charge on any atom is 0.126 e. The van der Waals surface area contributed by atoms with Crippen molar-refractivity contribution in [3.05, 3.63) is 78.4 Å². The maximum absolute atomic E-state index is 5.44. The molecular formula is C20H22O2. The summed E-state index contributed by atoms with van der Waals surface area (Å²) in [4.78, 5) is 0. The van der Waals surface area contributed by atoms with Gasteiger partial charge in [-0.1, -0.05) is 54.6 Å². The fourth-order valence-corrected chi connectivity index (χ4v) is 2.47. The van der Waals surface area contributed by atoms with Gasteiger partial charge in [0.1, 0.15) is 11.5 Å². The van der Waals surface area contributed by atoms with Gasteiger partial charge in [0, 0.05) is 17.0 Å². The summed E-state index contributed by atoms with van der Waals surface area (Å²) in [5.41, 5.74) is 2.23. The molecule has 2 aromatic rings. The number of hydrogen-bond acceptors (Lipinski definition) is 2. The Hall–Kier alpha value is -2.48. The van der Waals surface area contributed by atoms with Gasteiger partial charge in [0.2, 0.25) is 0 Å². The highest BCUT2D eigenvalue weighted by atomic mass is 16.5. The molecule has 0 radical (unpaired) electrons. The van der Waals surface area contributed by atoms with E-state index >= 15 is 0 Å². The van der Waals surface area contributed by atoms with E-state index in [0.717, 1.165) is 29.0 Å². The molecule has 2 nitrogen and oxygen atoms in total. The van der Waals surface area contributed by atoms with E-state index in [4.69, 9.17) is 9.47 Å². The molecule has 0 saturated carbocycles. The van der Waals surface area contributed by atoms with E-state index in [0.29, 0.717) is 0 Å². The largest absolute Gasteiger partial charge is 0.496 e. The van der Waals surface area contributed by atoms with Crippen LogP contribution in [0, 0.1) is 0 Å². The quantitative estimate of drug-likeness (QED) is 0.663. The smallest absolute Gasteiger partial charge is 0.126 e. The lowest BCUT2D eigenvalue weighted by Gasteiger charge is -2.14. The SMILES string of the molecule is C=CC(C/C=C/c1ccccc1OC)c1ccccc1OC. The first-order chi connectivity index (χ1) is 10.8. The fraction of sp³-hybridized carbons (Fsp3) is 0.200. The molecule has 0 saturated heterocycles. The molecule has 2 aromatic carbocycles. The molecule has 0 amide bonds. The van der Waals surface area contributed by atoms with Gasteiger partial charge in [-0.2, -0.15) is 0 Å². The Morgan fingerprint density at radius 1 is 0.955 bits per heavy atom. The number of methoxy groups -OCH3 is 2. The predicted octanol–water partition coefficient (Wildman–Crippen LogP) is 5.08. The zero-order valence-electron chi connectivity index (χ0n) is 13.2. The first kappa shape index (κ1) is 15.9. The van der Waals surface area contributed by atoms with Crippen molar-refractivity contribution in [2.45, 2.75) is 12.3 Å². The molecule has 2 rings (SSSR count). The Labute approximate surface area is 132 Å². The molecule has 0 aliphatic rings. The van der Waals surface area contributed by atoms with E-state index in [1.807, 2.05) is 48.5 Å². The van der Waals surface area contributed by atoms with E-state index in [-0.39, 0.29) is 5.92 Å². The molecule has 0 aromatic heterocycles. The summed E-state index contributed by atoms with van der Waals surface area (Å²) in [5, 5.41) is 0. The summed E-state index contributed by atoms with van der Waals surface area (Å²) in [6, 6.07) is 16.1. The Kier molecular flexibility index (Phi) is 5.84. The number of hydrogen-bond donors (Lipinski definition) is 0. The Morgan fingerprint density at radius 3 is 2.27 bits per heavy atom. The lowest BCUT2D eigenvalue weighted by molar-refractivity contribution is 0.408. The molecule has 1 atom stereocenters. The minimum Gasteiger partial charge on any atom is -0.496 e. The van der Waals surface area contributed by atoms with Crippen LogP contribution in [-0.2, 0) is 0 Å². The van der Waals surface area contributed by atoms with E-state index in [9.17, 15) is 0 Å². The second kappa shape index (κ2) is 8.08. The second-order valence-corrected chi connectivity index (χ2v) is 4.96. The van der Waals surface area contributed by atoms with Crippen LogP contribution >= 0.6 is 0 Å². The fourth-order valence-electron chi connectivity index (χ4n) is 2.47. The monoisotopic (exact) mass is 294 g/mol. The van der Waals surface area contributed by atoms with Crippen molar-refractivity contribution < 1.29 is 9.47 Å². The first-order valence-electron chi connectivity index (χ1n) is 7.35. The number of ether oxygens (including phenoxy) is 2. The van der Waals surface area contributed by atoms with Gasteiger partial charge in [-0.3, -0.25) is 0 Å². The van der Waals surface area contributed by atoms with Crippen molar-refractivity contribution >= 4 is 6.08 Å². The van der Waals surface area contributed by atoms with Crippen LogP contribution in [0.2, 0.25) is 0 Å². The van der Waals surface area contributed by atoms with E-state index < -0.39 is 0 Å². The topological polar surface area (TPSA) is 18.5 Å². The van der Waals surface area contributed by atoms with E-state index in [2.05, 4.69) is 24.8 Å². The standard InChI is InChI=1S/C20H22O2/c1-4-16(18-13-6-8-15-20(18)22-3)11-9-12-17-10-5-7-14-19(17)21-2/h4-10,12-16H,1,11H2,2-3H3/b12-9+. The van der Waals surface area contributed by atoms with Crippen LogP contribution < -0.4 is 9.47 Å². The number of para-hydroxylation sites is 2. The van der Waals surface area contributed by atoms with Gasteiger partial charge in [0.05, 0.1) is 14.2 Å². The minimum atomic E-state index is 0.224. The van der Waals surface area contributed by atoms with Crippen molar-refractivity contribution in [1.29, 1.82) is 0 Å². The summed E-state index contributed by atoms with van der Waals surface area (Å²) >= 11 is 0. The molecule has 1 unspecified atom stereocenters. The predicted molar refractivity (Wildman–Crippen MR) is 92.6 cm³/mol. The third kappa shape index (κ3) is 3.79. The molecule has 0 spiro atoms. The highest BCUT2D eigenvalue weighted by molar-refractivity contribution is 5.57. The molecule has 0 bridgehead atoms. The van der Waals surface area contributed by atoms with Gasteiger partial charge in [-0.05, 0) is 18.6 Å². The average Bonchev–Trinajstić information content (AvgIpc) is 2.59. The summed E-state index contributed by atoms with van der Waals surface area (Å²) in [6.07, 6.45) is 7.06. The van der Waals surface area contributed by atoms with Gasteiger partial charge in [0.15, 0.2) is 0 Å². The number of benzene rings is 2. The Bertz CT molecular complexity index is 644. The summed E-state index contributed by atoms with van der Waals surface area (Å²) < 4.78 is 10.8. The Morgan fingerprint density at radius 2 is 1.59 bits per heavy atom. The number of rotatable bonds is 7. The molecule has 114 valence electrons. The van der Waals surface area contributed by atoms with Crippen LogP contribution in [0.25, 0.3) is 6.08 Å². The molecule has 0 heterocycles.